The summed E-state index contributed by atoms with van der Waals surface area (Å²) in [4.78, 5) is 14.4. The van der Waals surface area contributed by atoms with Crippen molar-refractivity contribution in [3.8, 4) is 0 Å². The summed E-state index contributed by atoms with van der Waals surface area (Å²) in [5.74, 6) is -1.01. The van der Waals surface area contributed by atoms with E-state index in [1.807, 2.05) is 0 Å². The Labute approximate surface area is 163 Å². The smallest absolute Gasteiger partial charge is 0.243 e. The van der Waals surface area contributed by atoms with Crippen molar-refractivity contribution in [2.24, 2.45) is 5.92 Å². The standard InChI is InChI=1S/C19H20ClFN2O3S/c1-22(17-8-6-16(21)7-9-17)19(24)14-3-2-12-23(13-14)27(25,26)18-10-4-15(20)5-11-18/h4-11,14H,2-3,12-13H2,1H3/t14-/m0/s1. The summed E-state index contributed by atoms with van der Waals surface area (Å²) in [7, 11) is -2.07. The molecule has 0 bridgehead atoms. The lowest BCUT2D eigenvalue weighted by Crippen LogP contribution is -2.45. The first-order chi connectivity index (χ1) is 12.8. The number of benzene rings is 2. The quantitative estimate of drug-likeness (QED) is 0.774. The highest BCUT2D eigenvalue weighted by Gasteiger charge is 2.34. The number of sulfonamides is 1. The molecule has 0 radical (unpaired) electrons. The van der Waals surface area contributed by atoms with Crippen molar-refractivity contribution in [2.45, 2.75) is 17.7 Å². The lowest BCUT2D eigenvalue weighted by Gasteiger charge is -2.33. The van der Waals surface area contributed by atoms with Crippen LogP contribution in [-0.4, -0.2) is 38.8 Å². The fraction of sp³-hybridized carbons (Fsp3) is 0.316. The predicted octanol–water partition coefficient (Wildman–Crippen LogP) is 3.54. The van der Waals surface area contributed by atoms with Gasteiger partial charge in [-0.2, -0.15) is 4.31 Å². The Balaban J connectivity index is 1.76. The third-order valence-corrected chi connectivity index (χ3v) is 6.86. The van der Waals surface area contributed by atoms with Crippen molar-refractivity contribution in [1.82, 2.24) is 4.31 Å². The normalized spacial score (nSPS) is 18.3. The second-order valence-corrected chi connectivity index (χ2v) is 8.90. The molecule has 1 fully saturated rings. The molecular formula is C19H20ClFN2O3S. The van der Waals surface area contributed by atoms with E-state index >= 15 is 0 Å². The molecule has 0 aliphatic carbocycles. The minimum Gasteiger partial charge on any atom is -0.315 e. The van der Waals surface area contributed by atoms with Crippen LogP contribution in [0, 0.1) is 11.7 Å². The van der Waals surface area contributed by atoms with Gasteiger partial charge in [0.2, 0.25) is 15.9 Å². The van der Waals surface area contributed by atoms with Gasteiger partial charge in [0, 0.05) is 30.8 Å². The summed E-state index contributed by atoms with van der Waals surface area (Å²) < 4.78 is 40.2. The Hall–Kier alpha value is -1.96. The first-order valence-electron chi connectivity index (χ1n) is 8.58. The zero-order chi connectivity index (χ0) is 19.6. The molecule has 0 saturated carbocycles. The molecule has 0 unspecified atom stereocenters. The topological polar surface area (TPSA) is 57.7 Å². The molecule has 1 aliphatic heterocycles. The highest BCUT2D eigenvalue weighted by Crippen LogP contribution is 2.27. The molecule has 0 aromatic heterocycles. The van der Waals surface area contributed by atoms with Gasteiger partial charge in [0.15, 0.2) is 0 Å². The van der Waals surface area contributed by atoms with Crippen LogP contribution in [0.5, 0.6) is 0 Å². The Morgan fingerprint density at radius 2 is 1.78 bits per heavy atom. The van der Waals surface area contributed by atoms with Gasteiger partial charge in [-0.05, 0) is 61.4 Å². The molecule has 8 heteroatoms. The molecular weight excluding hydrogens is 391 g/mol. The Morgan fingerprint density at radius 1 is 1.15 bits per heavy atom. The summed E-state index contributed by atoms with van der Waals surface area (Å²) in [5.41, 5.74) is 0.569. The summed E-state index contributed by atoms with van der Waals surface area (Å²) >= 11 is 5.83. The van der Waals surface area contributed by atoms with Gasteiger partial charge in [-0.25, -0.2) is 12.8 Å². The van der Waals surface area contributed by atoms with E-state index in [-0.39, 0.29) is 23.2 Å². The first kappa shape index (κ1) is 19.8. The SMILES string of the molecule is CN(C(=O)[C@H]1CCCN(S(=O)(=O)c2ccc(Cl)cc2)C1)c1ccc(F)cc1. The molecule has 144 valence electrons. The van der Waals surface area contributed by atoms with Gasteiger partial charge >= 0.3 is 0 Å². The number of hydrogen-bond acceptors (Lipinski definition) is 3. The van der Waals surface area contributed by atoms with Crippen LogP contribution in [-0.2, 0) is 14.8 Å². The Bertz CT molecular complexity index is 917. The van der Waals surface area contributed by atoms with E-state index in [4.69, 9.17) is 11.6 Å². The summed E-state index contributed by atoms with van der Waals surface area (Å²) in [6, 6.07) is 11.6. The lowest BCUT2D eigenvalue weighted by atomic mass is 9.98. The molecule has 3 rings (SSSR count). The van der Waals surface area contributed by atoms with Gasteiger partial charge in [-0.15, -0.1) is 0 Å². The molecule has 5 nitrogen and oxygen atoms in total. The van der Waals surface area contributed by atoms with Crippen molar-refractivity contribution in [3.05, 3.63) is 59.4 Å². The van der Waals surface area contributed by atoms with Gasteiger partial charge in [0.1, 0.15) is 5.82 Å². The predicted molar refractivity (Wildman–Crippen MR) is 103 cm³/mol. The number of hydrogen-bond donors (Lipinski definition) is 0. The van der Waals surface area contributed by atoms with Crippen LogP contribution < -0.4 is 4.90 Å². The van der Waals surface area contributed by atoms with Crippen LogP contribution in [0.1, 0.15) is 12.8 Å². The van der Waals surface area contributed by atoms with E-state index in [2.05, 4.69) is 0 Å². The van der Waals surface area contributed by atoms with Crippen LogP contribution >= 0.6 is 11.6 Å². The van der Waals surface area contributed by atoms with Gasteiger partial charge in [-0.1, -0.05) is 11.6 Å². The van der Waals surface area contributed by atoms with Crippen molar-refractivity contribution in [3.63, 3.8) is 0 Å². The summed E-state index contributed by atoms with van der Waals surface area (Å²) in [6.07, 6.45) is 1.21. The van der Waals surface area contributed by atoms with E-state index in [0.29, 0.717) is 30.1 Å². The Kier molecular flexibility index (Phi) is 5.83. The lowest BCUT2D eigenvalue weighted by molar-refractivity contribution is -0.123. The van der Waals surface area contributed by atoms with E-state index in [1.165, 1.54) is 57.7 Å². The van der Waals surface area contributed by atoms with E-state index < -0.39 is 15.9 Å². The van der Waals surface area contributed by atoms with E-state index in [9.17, 15) is 17.6 Å². The van der Waals surface area contributed by atoms with E-state index in [0.717, 1.165) is 0 Å². The maximum absolute atomic E-state index is 13.1. The molecule has 0 N–H and O–H groups in total. The number of amides is 1. The highest BCUT2D eigenvalue weighted by molar-refractivity contribution is 7.89. The molecule has 27 heavy (non-hydrogen) atoms. The molecule has 1 heterocycles. The average molecular weight is 411 g/mol. The van der Waals surface area contributed by atoms with Crippen molar-refractivity contribution in [2.75, 3.05) is 25.0 Å². The van der Waals surface area contributed by atoms with Gasteiger partial charge in [-0.3, -0.25) is 4.79 Å². The third-order valence-electron chi connectivity index (χ3n) is 4.73. The number of piperidine rings is 1. The number of rotatable bonds is 4. The molecule has 0 spiro atoms. The number of anilines is 1. The maximum atomic E-state index is 13.1. The first-order valence-corrected chi connectivity index (χ1v) is 10.4. The maximum Gasteiger partial charge on any atom is 0.243 e. The van der Waals surface area contributed by atoms with Crippen LogP contribution in [0.2, 0.25) is 5.02 Å². The van der Waals surface area contributed by atoms with Gasteiger partial charge < -0.3 is 4.90 Å². The fourth-order valence-electron chi connectivity index (χ4n) is 3.18. The number of halogens is 2. The van der Waals surface area contributed by atoms with Crippen LogP contribution in [0.25, 0.3) is 0 Å². The van der Waals surface area contributed by atoms with Crippen LogP contribution in [0.4, 0.5) is 10.1 Å². The third kappa shape index (κ3) is 4.31. The summed E-state index contributed by atoms with van der Waals surface area (Å²) in [5, 5.41) is 0.460. The Morgan fingerprint density at radius 3 is 2.41 bits per heavy atom. The second-order valence-electron chi connectivity index (χ2n) is 6.53. The highest BCUT2D eigenvalue weighted by atomic mass is 35.5. The molecule has 2 aromatic carbocycles. The van der Waals surface area contributed by atoms with Crippen molar-refractivity contribution >= 4 is 33.2 Å². The molecule has 1 amide bonds. The van der Waals surface area contributed by atoms with Crippen LogP contribution in [0.15, 0.2) is 53.4 Å². The van der Waals surface area contributed by atoms with Crippen molar-refractivity contribution in [1.29, 1.82) is 0 Å². The molecule has 1 aliphatic rings. The number of nitrogens with zero attached hydrogens (tertiary/aromatic N) is 2. The minimum absolute atomic E-state index is 0.120. The molecule has 2 aromatic rings. The molecule has 1 saturated heterocycles. The monoisotopic (exact) mass is 410 g/mol. The van der Waals surface area contributed by atoms with E-state index in [1.54, 1.807) is 7.05 Å². The zero-order valence-corrected chi connectivity index (χ0v) is 16.4. The van der Waals surface area contributed by atoms with Crippen LogP contribution in [0.3, 0.4) is 0 Å². The fourth-order valence-corrected chi connectivity index (χ4v) is 4.83. The number of carbonyl (C=O) groups is 1. The van der Waals surface area contributed by atoms with Gasteiger partial charge in [0.25, 0.3) is 0 Å². The number of carbonyl (C=O) groups excluding carboxylic acids is 1. The molecule has 1 atom stereocenters. The van der Waals surface area contributed by atoms with Crippen molar-refractivity contribution < 1.29 is 17.6 Å². The second kappa shape index (κ2) is 7.96. The summed E-state index contributed by atoms with van der Waals surface area (Å²) in [6.45, 7) is 0.490. The van der Waals surface area contributed by atoms with Gasteiger partial charge in [0.05, 0.1) is 10.8 Å². The average Bonchev–Trinajstić information content (AvgIpc) is 2.68. The largest absolute Gasteiger partial charge is 0.315 e. The minimum atomic E-state index is -3.69. The zero-order valence-electron chi connectivity index (χ0n) is 14.8.